The summed E-state index contributed by atoms with van der Waals surface area (Å²) in [5.74, 6) is 0.465. The molecular formula is C20H26O3. The molecule has 1 unspecified atom stereocenters. The highest BCUT2D eigenvalue weighted by Gasteiger charge is 2.78. The smallest absolute Gasteiger partial charge is 0.210 e. The summed E-state index contributed by atoms with van der Waals surface area (Å²) in [6.45, 7) is 12.1. The zero-order chi connectivity index (χ0) is 16.9. The molecule has 7 atom stereocenters. The van der Waals surface area contributed by atoms with Crippen LogP contribution in [0.15, 0.2) is 23.5 Å². The molecular weight excluding hydrogens is 288 g/mol. The molecule has 3 heteroatoms. The molecule has 1 N–H and O–H groups in total. The maximum absolute atomic E-state index is 13.7. The van der Waals surface area contributed by atoms with Crippen molar-refractivity contribution in [3.8, 4) is 0 Å². The summed E-state index contributed by atoms with van der Waals surface area (Å²) in [6.07, 6.45) is 2.94. The van der Waals surface area contributed by atoms with Gasteiger partial charge in [-0.05, 0) is 62.4 Å². The molecule has 0 aromatic rings. The second-order valence-corrected chi connectivity index (χ2v) is 8.72. The van der Waals surface area contributed by atoms with Gasteiger partial charge < -0.3 is 5.11 Å². The molecule has 23 heavy (non-hydrogen) atoms. The van der Waals surface area contributed by atoms with Crippen molar-refractivity contribution in [2.24, 2.45) is 40.4 Å². The first-order chi connectivity index (χ1) is 10.7. The fraction of sp³-hybridized carbons (Fsp3) is 0.700. The number of ketones is 2. The average molecular weight is 314 g/mol. The molecule has 4 aliphatic carbocycles. The summed E-state index contributed by atoms with van der Waals surface area (Å²) in [5.41, 5.74) is -0.0250. The van der Waals surface area contributed by atoms with E-state index in [4.69, 9.17) is 0 Å². The van der Waals surface area contributed by atoms with Gasteiger partial charge in [-0.15, -0.1) is 0 Å². The Morgan fingerprint density at radius 2 is 1.87 bits per heavy atom. The molecule has 0 aromatic heterocycles. The van der Waals surface area contributed by atoms with E-state index in [0.717, 1.165) is 30.4 Å². The lowest BCUT2D eigenvalue weighted by Gasteiger charge is -2.47. The van der Waals surface area contributed by atoms with Gasteiger partial charge >= 0.3 is 0 Å². The number of aliphatic hydroxyl groups excluding tert-OH is 1. The number of allylic oxidation sites excluding steroid dienone is 3. The number of hydrogen-bond donors (Lipinski definition) is 1. The normalized spacial score (nSPS) is 51.2. The lowest BCUT2D eigenvalue weighted by molar-refractivity contribution is -0.146. The molecule has 2 bridgehead atoms. The van der Waals surface area contributed by atoms with Gasteiger partial charge in [0.05, 0.1) is 5.41 Å². The molecule has 3 saturated carbocycles. The third kappa shape index (κ3) is 1.32. The van der Waals surface area contributed by atoms with Crippen LogP contribution in [0, 0.1) is 40.4 Å². The van der Waals surface area contributed by atoms with Crippen molar-refractivity contribution in [2.45, 2.75) is 47.0 Å². The lowest BCUT2D eigenvalue weighted by atomic mass is 9.53. The van der Waals surface area contributed by atoms with Crippen LogP contribution in [0.5, 0.6) is 0 Å². The molecule has 0 aromatic carbocycles. The molecule has 0 radical (unpaired) electrons. The molecule has 0 heterocycles. The predicted molar refractivity (Wildman–Crippen MR) is 87.7 cm³/mol. The van der Waals surface area contributed by atoms with Gasteiger partial charge in [-0.3, -0.25) is 9.59 Å². The minimum atomic E-state index is -1.11. The number of carbonyl (C=O) groups excluding carboxylic acids is 2. The van der Waals surface area contributed by atoms with Crippen LogP contribution in [-0.2, 0) is 9.59 Å². The first-order valence-corrected chi connectivity index (χ1v) is 8.88. The monoisotopic (exact) mass is 314 g/mol. The minimum absolute atomic E-state index is 0.0849. The van der Waals surface area contributed by atoms with E-state index in [0.29, 0.717) is 5.92 Å². The van der Waals surface area contributed by atoms with Crippen molar-refractivity contribution >= 4 is 11.6 Å². The zero-order valence-electron chi connectivity index (χ0n) is 14.5. The topological polar surface area (TPSA) is 54.4 Å². The minimum Gasteiger partial charge on any atom is -0.504 e. The largest absolute Gasteiger partial charge is 0.504 e. The number of carbonyl (C=O) groups is 2. The summed E-state index contributed by atoms with van der Waals surface area (Å²) >= 11 is 0. The first kappa shape index (κ1) is 15.2. The van der Waals surface area contributed by atoms with E-state index in [9.17, 15) is 14.7 Å². The van der Waals surface area contributed by atoms with Crippen LogP contribution >= 0.6 is 0 Å². The van der Waals surface area contributed by atoms with E-state index in [1.54, 1.807) is 6.92 Å². The average Bonchev–Trinajstić information content (AvgIpc) is 2.83. The van der Waals surface area contributed by atoms with Crippen LogP contribution in [-0.4, -0.2) is 16.7 Å². The van der Waals surface area contributed by atoms with Crippen molar-refractivity contribution in [1.82, 2.24) is 0 Å². The maximum Gasteiger partial charge on any atom is 0.210 e. The van der Waals surface area contributed by atoms with E-state index < -0.39 is 10.8 Å². The van der Waals surface area contributed by atoms with E-state index in [1.165, 1.54) is 0 Å². The van der Waals surface area contributed by atoms with Crippen molar-refractivity contribution in [3.05, 3.63) is 23.5 Å². The third-order valence-corrected chi connectivity index (χ3v) is 7.68. The second kappa shape index (κ2) is 4.17. The van der Waals surface area contributed by atoms with Gasteiger partial charge in [-0.25, -0.2) is 0 Å². The Morgan fingerprint density at radius 1 is 1.22 bits per heavy atom. The van der Waals surface area contributed by atoms with Gasteiger partial charge in [0, 0.05) is 5.92 Å². The van der Waals surface area contributed by atoms with Gasteiger partial charge in [0.2, 0.25) is 5.78 Å². The summed E-state index contributed by atoms with van der Waals surface area (Å²) in [5, 5.41) is 10.8. The standard InChI is InChI=1S/C20H26O3/c1-9(2)14-13-8-11(4)12-7-6-10(3)15-16(21)17(22)19(14,5)18(23)20(12,13)15/h10-14,21H,1,6-8H2,2-5H3/t10-,11-,12+,13-,14-,19+,20?/m0/s1. The maximum atomic E-state index is 13.7. The Hall–Kier alpha value is -1.38. The predicted octanol–water partition coefficient (Wildman–Crippen LogP) is 3.85. The highest BCUT2D eigenvalue weighted by atomic mass is 16.3. The van der Waals surface area contributed by atoms with Crippen LogP contribution in [0.25, 0.3) is 0 Å². The molecule has 0 aliphatic heterocycles. The molecule has 0 saturated heterocycles. The van der Waals surface area contributed by atoms with E-state index in [2.05, 4.69) is 20.4 Å². The number of hydrogen-bond acceptors (Lipinski definition) is 3. The fourth-order valence-electron chi connectivity index (χ4n) is 7.08. The highest BCUT2D eigenvalue weighted by molar-refractivity contribution is 6.21. The molecule has 3 fully saturated rings. The summed E-state index contributed by atoms with van der Waals surface area (Å²) in [7, 11) is 0. The molecule has 4 aliphatic rings. The summed E-state index contributed by atoms with van der Waals surface area (Å²) in [6, 6.07) is 0. The quantitative estimate of drug-likeness (QED) is 0.591. The van der Waals surface area contributed by atoms with Gasteiger partial charge in [0.25, 0.3) is 0 Å². The van der Waals surface area contributed by atoms with E-state index in [1.807, 2.05) is 6.92 Å². The van der Waals surface area contributed by atoms with Crippen LogP contribution in [0.3, 0.4) is 0 Å². The van der Waals surface area contributed by atoms with Crippen molar-refractivity contribution < 1.29 is 14.7 Å². The van der Waals surface area contributed by atoms with Crippen LogP contribution in [0.4, 0.5) is 0 Å². The SMILES string of the molecule is C=C(C)[C@H]1[C@@H]2C[C@H](C)[C@H]3CC[C@H](C)C4=C(O)C(=O)[C@]1(C)C(=O)C432. The van der Waals surface area contributed by atoms with Crippen molar-refractivity contribution in [3.63, 3.8) is 0 Å². The lowest BCUT2D eigenvalue weighted by Crippen LogP contribution is -2.53. The van der Waals surface area contributed by atoms with E-state index in [-0.39, 0.29) is 41.0 Å². The molecule has 3 nitrogen and oxygen atoms in total. The molecule has 0 amide bonds. The Bertz CT molecular complexity index is 687. The van der Waals surface area contributed by atoms with Crippen LogP contribution in [0.2, 0.25) is 0 Å². The third-order valence-electron chi connectivity index (χ3n) is 7.68. The van der Waals surface area contributed by atoms with Gasteiger partial charge in [-0.1, -0.05) is 26.0 Å². The highest BCUT2D eigenvalue weighted by Crippen LogP contribution is 2.75. The van der Waals surface area contributed by atoms with Gasteiger partial charge in [-0.2, -0.15) is 0 Å². The van der Waals surface area contributed by atoms with Crippen molar-refractivity contribution in [1.29, 1.82) is 0 Å². The molecule has 124 valence electrons. The first-order valence-electron chi connectivity index (χ1n) is 8.88. The summed E-state index contributed by atoms with van der Waals surface area (Å²) in [4.78, 5) is 26.7. The van der Waals surface area contributed by atoms with Gasteiger partial charge in [0.1, 0.15) is 5.41 Å². The second-order valence-electron chi connectivity index (χ2n) is 8.72. The number of aliphatic hydroxyl groups is 1. The Morgan fingerprint density at radius 3 is 2.48 bits per heavy atom. The summed E-state index contributed by atoms with van der Waals surface area (Å²) < 4.78 is 0. The number of fused-ring (bicyclic) bond motifs is 1. The number of rotatable bonds is 1. The fourth-order valence-corrected chi connectivity index (χ4v) is 7.08. The van der Waals surface area contributed by atoms with Crippen molar-refractivity contribution in [2.75, 3.05) is 0 Å². The molecule has 1 spiro atoms. The van der Waals surface area contributed by atoms with Gasteiger partial charge in [0.15, 0.2) is 11.5 Å². The Balaban J connectivity index is 2.09. The Labute approximate surface area is 137 Å². The Kier molecular flexibility index (Phi) is 2.75. The van der Waals surface area contributed by atoms with E-state index >= 15 is 0 Å². The zero-order valence-corrected chi connectivity index (χ0v) is 14.5. The molecule has 4 rings (SSSR count). The van der Waals surface area contributed by atoms with Crippen LogP contribution < -0.4 is 0 Å². The number of Topliss-reactive ketones (excluding diaryl/α,β-unsaturated/α-hetero) is 2. The van der Waals surface area contributed by atoms with Crippen LogP contribution in [0.1, 0.15) is 47.0 Å².